The van der Waals surface area contributed by atoms with E-state index < -0.39 is 0 Å². The van der Waals surface area contributed by atoms with Crippen LogP contribution in [0.4, 0.5) is 0 Å². The van der Waals surface area contributed by atoms with Gasteiger partial charge in [0.05, 0.1) is 6.61 Å². The second kappa shape index (κ2) is 6.28. The number of ether oxygens (including phenoxy) is 1. The Morgan fingerprint density at radius 1 is 1.21 bits per heavy atom. The summed E-state index contributed by atoms with van der Waals surface area (Å²) in [6.45, 7) is 8.53. The molecule has 0 saturated heterocycles. The van der Waals surface area contributed by atoms with Crippen molar-refractivity contribution in [1.82, 2.24) is 0 Å². The van der Waals surface area contributed by atoms with Gasteiger partial charge in [-0.3, -0.25) is 0 Å². The Bertz CT molecular complexity index is 552. The van der Waals surface area contributed by atoms with Gasteiger partial charge in [-0.05, 0) is 55.7 Å². The molecule has 2 nitrogen and oxygen atoms in total. The lowest BCUT2D eigenvalue weighted by Gasteiger charge is -2.09. The standard InChI is InChI=1S/C17H20O2/c1-4-15-9-10-16(19-15)6-5-11-18-17-12-13(2)7-8-14(17)3/h4,7-10,12H,1,5-6,11H2,2-3H3. The van der Waals surface area contributed by atoms with E-state index in [0.29, 0.717) is 6.61 Å². The molecule has 0 radical (unpaired) electrons. The van der Waals surface area contributed by atoms with Gasteiger partial charge in [0.25, 0.3) is 0 Å². The molecule has 0 amide bonds. The third-order valence-electron chi connectivity index (χ3n) is 3.05. The molecule has 0 N–H and O–H groups in total. The van der Waals surface area contributed by atoms with Gasteiger partial charge >= 0.3 is 0 Å². The SMILES string of the molecule is C=Cc1ccc(CCCOc2cc(C)ccc2C)o1. The second-order valence-electron chi connectivity index (χ2n) is 4.73. The molecule has 0 aliphatic heterocycles. The molecule has 1 heterocycles. The van der Waals surface area contributed by atoms with Crippen molar-refractivity contribution >= 4 is 6.08 Å². The Morgan fingerprint density at radius 2 is 2.05 bits per heavy atom. The van der Waals surface area contributed by atoms with E-state index in [1.807, 2.05) is 12.1 Å². The summed E-state index contributed by atoms with van der Waals surface area (Å²) in [7, 11) is 0. The van der Waals surface area contributed by atoms with Crippen LogP contribution in [0.3, 0.4) is 0 Å². The number of furan rings is 1. The maximum atomic E-state index is 5.81. The van der Waals surface area contributed by atoms with Gasteiger partial charge in [0, 0.05) is 6.42 Å². The average Bonchev–Trinajstić information content (AvgIpc) is 2.86. The van der Waals surface area contributed by atoms with E-state index >= 15 is 0 Å². The largest absolute Gasteiger partial charge is 0.493 e. The molecule has 0 spiro atoms. The van der Waals surface area contributed by atoms with Gasteiger partial charge in [0.15, 0.2) is 0 Å². The van der Waals surface area contributed by atoms with Crippen LogP contribution in [-0.2, 0) is 6.42 Å². The van der Waals surface area contributed by atoms with Gasteiger partial charge in [0.2, 0.25) is 0 Å². The summed E-state index contributed by atoms with van der Waals surface area (Å²) in [4.78, 5) is 0. The van der Waals surface area contributed by atoms with Crippen molar-refractivity contribution in [2.24, 2.45) is 0 Å². The van der Waals surface area contributed by atoms with Crippen LogP contribution in [0, 0.1) is 13.8 Å². The minimum Gasteiger partial charge on any atom is -0.493 e. The molecule has 1 aromatic carbocycles. The van der Waals surface area contributed by atoms with Crippen molar-refractivity contribution < 1.29 is 9.15 Å². The van der Waals surface area contributed by atoms with Gasteiger partial charge in [-0.1, -0.05) is 18.7 Å². The van der Waals surface area contributed by atoms with E-state index in [4.69, 9.17) is 9.15 Å². The monoisotopic (exact) mass is 256 g/mol. The molecule has 2 aromatic rings. The predicted molar refractivity (Wildman–Crippen MR) is 78.5 cm³/mol. The van der Waals surface area contributed by atoms with Crippen LogP contribution in [0.2, 0.25) is 0 Å². The highest BCUT2D eigenvalue weighted by molar-refractivity contribution is 5.39. The lowest BCUT2D eigenvalue weighted by atomic mass is 10.1. The number of rotatable bonds is 6. The number of hydrogen-bond acceptors (Lipinski definition) is 2. The van der Waals surface area contributed by atoms with Crippen molar-refractivity contribution in [2.45, 2.75) is 26.7 Å². The Labute approximate surface area is 114 Å². The molecular formula is C17H20O2. The first kappa shape index (κ1) is 13.5. The third kappa shape index (κ3) is 3.75. The van der Waals surface area contributed by atoms with Gasteiger partial charge in [-0.2, -0.15) is 0 Å². The van der Waals surface area contributed by atoms with Crippen LogP contribution in [0.25, 0.3) is 6.08 Å². The molecule has 0 saturated carbocycles. The predicted octanol–water partition coefficient (Wildman–Crippen LogP) is 4.55. The maximum Gasteiger partial charge on any atom is 0.126 e. The van der Waals surface area contributed by atoms with E-state index in [1.165, 1.54) is 11.1 Å². The minimum absolute atomic E-state index is 0.703. The summed E-state index contributed by atoms with van der Waals surface area (Å²) in [6, 6.07) is 10.2. The highest BCUT2D eigenvalue weighted by atomic mass is 16.5. The fraction of sp³-hybridized carbons (Fsp3) is 0.294. The normalized spacial score (nSPS) is 10.4. The molecule has 1 aromatic heterocycles. The first-order chi connectivity index (χ1) is 9.19. The summed E-state index contributed by atoms with van der Waals surface area (Å²) in [5.41, 5.74) is 2.40. The summed E-state index contributed by atoms with van der Waals surface area (Å²) < 4.78 is 11.4. The molecule has 19 heavy (non-hydrogen) atoms. The van der Waals surface area contributed by atoms with E-state index in [-0.39, 0.29) is 0 Å². The molecule has 2 rings (SSSR count). The zero-order valence-electron chi connectivity index (χ0n) is 11.6. The highest BCUT2D eigenvalue weighted by Crippen LogP contribution is 2.19. The Balaban J connectivity index is 1.80. The lowest BCUT2D eigenvalue weighted by molar-refractivity contribution is 0.304. The van der Waals surface area contributed by atoms with Crippen LogP contribution in [0.1, 0.15) is 29.1 Å². The lowest BCUT2D eigenvalue weighted by Crippen LogP contribution is -2.00. The van der Waals surface area contributed by atoms with Crippen molar-refractivity contribution in [1.29, 1.82) is 0 Å². The summed E-state index contributed by atoms with van der Waals surface area (Å²) in [5.74, 6) is 2.79. The smallest absolute Gasteiger partial charge is 0.126 e. The summed E-state index contributed by atoms with van der Waals surface area (Å²) >= 11 is 0. The molecule has 0 fully saturated rings. The molecule has 0 aliphatic rings. The number of hydrogen-bond donors (Lipinski definition) is 0. The summed E-state index contributed by atoms with van der Waals surface area (Å²) in [5, 5.41) is 0. The molecular weight excluding hydrogens is 236 g/mol. The number of benzene rings is 1. The van der Waals surface area contributed by atoms with Gasteiger partial charge < -0.3 is 9.15 Å². The van der Waals surface area contributed by atoms with Gasteiger partial charge in [0.1, 0.15) is 17.3 Å². The zero-order valence-corrected chi connectivity index (χ0v) is 11.6. The van der Waals surface area contributed by atoms with Crippen LogP contribution in [0.15, 0.2) is 41.3 Å². The van der Waals surface area contributed by atoms with E-state index in [9.17, 15) is 0 Å². The van der Waals surface area contributed by atoms with E-state index in [2.05, 4.69) is 38.6 Å². The summed E-state index contributed by atoms with van der Waals surface area (Å²) in [6.07, 6.45) is 3.55. The van der Waals surface area contributed by atoms with Crippen molar-refractivity contribution in [3.63, 3.8) is 0 Å². The highest BCUT2D eigenvalue weighted by Gasteiger charge is 2.02. The van der Waals surface area contributed by atoms with E-state index in [1.54, 1.807) is 6.08 Å². The number of aryl methyl sites for hydroxylation is 3. The van der Waals surface area contributed by atoms with Crippen LogP contribution in [0.5, 0.6) is 5.75 Å². The molecule has 0 bridgehead atoms. The van der Waals surface area contributed by atoms with Crippen LogP contribution < -0.4 is 4.74 Å². The van der Waals surface area contributed by atoms with Gasteiger partial charge in [-0.15, -0.1) is 0 Å². The Hall–Kier alpha value is -1.96. The fourth-order valence-corrected chi connectivity index (χ4v) is 1.93. The maximum absolute atomic E-state index is 5.81. The Kier molecular flexibility index (Phi) is 4.45. The van der Waals surface area contributed by atoms with Gasteiger partial charge in [-0.25, -0.2) is 0 Å². The van der Waals surface area contributed by atoms with Crippen LogP contribution in [-0.4, -0.2) is 6.61 Å². The topological polar surface area (TPSA) is 22.4 Å². The first-order valence-corrected chi connectivity index (χ1v) is 6.60. The van der Waals surface area contributed by atoms with Crippen molar-refractivity contribution in [3.8, 4) is 5.75 Å². The van der Waals surface area contributed by atoms with Crippen LogP contribution >= 0.6 is 0 Å². The quantitative estimate of drug-likeness (QED) is 0.707. The van der Waals surface area contributed by atoms with Crippen molar-refractivity contribution in [2.75, 3.05) is 6.61 Å². The fourth-order valence-electron chi connectivity index (χ4n) is 1.93. The first-order valence-electron chi connectivity index (χ1n) is 6.60. The second-order valence-corrected chi connectivity index (χ2v) is 4.73. The molecule has 2 heteroatoms. The molecule has 0 aliphatic carbocycles. The minimum atomic E-state index is 0.703. The zero-order chi connectivity index (χ0) is 13.7. The van der Waals surface area contributed by atoms with E-state index in [0.717, 1.165) is 30.1 Å². The average molecular weight is 256 g/mol. The third-order valence-corrected chi connectivity index (χ3v) is 3.05. The molecule has 0 atom stereocenters. The molecule has 100 valence electrons. The Morgan fingerprint density at radius 3 is 2.79 bits per heavy atom. The van der Waals surface area contributed by atoms with Crippen molar-refractivity contribution in [3.05, 3.63) is 59.6 Å². The molecule has 0 unspecified atom stereocenters.